The normalized spacial score (nSPS) is 11.3. The monoisotopic (exact) mass is 351 g/mol. The predicted molar refractivity (Wildman–Crippen MR) is 97.2 cm³/mol. The molecule has 0 aliphatic rings. The van der Waals surface area contributed by atoms with Crippen LogP contribution in [-0.4, -0.2) is 22.9 Å². The van der Waals surface area contributed by atoms with Crippen LogP contribution in [0, 0.1) is 0 Å². The van der Waals surface area contributed by atoms with Gasteiger partial charge in [0.25, 0.3) is 11.8 Å². The lowest BCUT2D eigenvalue weighted by atomic mass is 10.2. The number of pyridine rings is 1. The van der Waals surface area contributed by atoms with Crippen LogP contribution in [0.4, 0.5) is 0 Å². The molecule has 0 aliphatic heterocycles. The summed E-state index contributed by atoms with van der Waals surface area (Å²) in [7, 11) is 0. The lowest BCUT2D eigenvalue weighted by molar-refractivity contribution is -0.117. The van der Waals surface area contributed by atoms with E-state index in [0.717, 1.165) is 5.56 Å². The third-order valence-corrected chi connectivity index (χ3v) is 4.37. The second-order valence-electron chi connectivity index (χ2n) is 5.34. The van der Waals surface area contributed by atoms with E-state index in [0.29, 0.717) is 16.9 Å². The molecule has 0 unspecified atom stereocenters. The second-order valence-corrected chi connectivity index (χ2v) is 6.29. The van der Waals surface area contributed by atoms with E-state index in [1.165, 1.54) is 11.3 Å². The van der Waals surface area contributed by atoms with Crippen LogP contribution < -0.4 is 10.8 Å². The molecule has 25 heavy (non-hydrogen) atoms. The molecular weight excluding hydrogens is 334 g/mol. The molecule has 1 aromatic carbocycles. The molecular formula is C19H17N3O2S. The van der Waals surface area contributed by atoms with Crippen molar-refractivity contribution < 1.29 is 9.59 Å². The third kappa shape index (κ3) is 4.74. The Labute approximate surface area is 149 Å². The Morgan fingerprint density at radius 2 is 1.80 bits per heavy atom. The van der Waals surface area contributed by atoms with E-state index in [1.54, 1.807) is 18.2 Å². The lowest BCUT2D eigenvalue weighted by Crippen LogP contribution is -2.30. The highest BCUT2D eigenvalue weighted by atomic mass is 32.1. The van der Waals surface area contributed by atoms with Crippen LogP contribution in [0.25, 0.3) is 0 Å². The van der Waals surface area contributed by atoms with E-state index < -0.39 is 5.91 Å². The Bertz CT molecular complexity index is 915. The van der Waals surface area contributed by atoms with E-state index in [4.69, 9.17) is 0 Å². The summed E-state index contributed by atoms with van der Waals surface area (Å²) in [4.78, 5) is 28.7. The van der Waals surface area contributed by atoms with Gasteiger partial charge in [-0.2, -0.15) is 4.99 Å². The molecule has 3 aromatic rings. The second kappa shape index (κ2) is 8.21. The number of benzene rings is 1. The molecule has 5 nitrogen and oxygen atoms in total. The Kier molecular flexibility index (Phi) is 5.53. The average molecular weight is 351 g/mol. The van der Waals surface area contributed by atoms with Crippen molar-refractivity contribution in [1.29, 1.82) is 0 Å². The highest BCUT2D eigenvalue weighted by molar-refractivity contribution is 7.12. The topological polar surface area (TPSA) is 63.5 Å². The number of carbonyl (C=O) groups excluding carboxylic acids is 2. The fourth-order valence-electron chi connectivity index (χ4n) is 2.30. The van der Waals surface area contributed by atoms with Crippen LogP contribution >= 0.6 is 11.3 Å². The molecule has 0 aliphatic carbocycles. The van der Waals surface area contributed by atoms with Crippen LogP contribution in [0.5, 0.6) is 0 Å². The fraction of sp³-hybridized carbons (Fsp3) is 0.105. The highest BCUT2D eigenvalue weighted by Gasteiger charge is 2.08. The number of hydrogen-bond donors (Lipinski definition) is 1. The van der Waals surface area contributed by atoms with Gasteiger partial charge >= 0.3 is 0 Å². The molecule has 0 spiro atoms. The van der Waals surface area contributed by atoms with E-state index in [2.05, 4.69) is 10.3 Å². The zero-order valence-corrected chi connectivity index (χ0v) is 14.3. The lowest BCUT2D eigenvalue weighted by Gasteiger charge is -2.07. The van der Waals surface area contributed by atoms with Gasteiger partial charge in [-0.25, -0.2) is 0 Å². The molecule has 2 heterocycles. The minimum absolute atomic E-state index is 0.128. The third-order valence-electron chi connectivity index (χ3n) is 3.50. The number of rotatable bonds is 5. The number of nitrogens with zero attached hydrogens (tertiary/aromatic N) is 2. The number of aromatic nitrogens is 1. The van der Waals surface area contributed by atoms with Crippen molar-refractivity contribution in [2.24, 2.45) is 4.99 Å². The standard InChI is InChI=1S/C19H17N3O2S/c23-18(13-20-19(24)16-9-6-12-25-16)21-17-10-4-5-11-22(17)14-15-7-2-1-3-8-15/h1-12H,13-14H2,(H,20,24). The maximum Gasteiger partial charge on any atom is 0.267 e. The van der Waals surface area contributed by atoms with Crippen LogP contribution in [0.3, 0.4) is 0 Å². The van der Waals surface area contributed by atoms with Gasteiger partial charge in [0, 0.05) is 12.7 Å². The zero-order chi connectivity index (χ0) is 17.5. The molecule has 2 aromatic heterocycles. The number of carbonyl (C=O) groups is 2. The van der Waals surface area contributed by atoms with E-state index in [1.807, 2.05) is 58.6 Å². The molecule has 0 bridgehead atoms. The molecule has 1 N–H and O–H groups in total. The van der Waals surface area contributed by atoms with Gasteiger partial charge in [-0.3, -0.25) is 9.59 Å². The SMILES string of the molecule is O=C(CNC(=O)c1cccs1)N=c1ccccn1Cc1ccccc1. The van der Waals surface area contributed by atoms with Gasteiger partial charge in [-0.1, -0.05) is 42.5 Å². The number of hydrogen-bond acceptors (Lipinski definition) is 3. The predicted octanol–water partition coefficient (Wildman–Crippen LogP) is 2.46. The molecule has 6 heteroatoms. The Morgan fingerprint density at radius 3 is 2.56 bits per heavy atom. The maximum absolute atomic E-state index is 12.1. The summed E-state index contributed by atoms with van der Waals surface area (Å²) in [5, 5.41) is 4.41. The van der Waals surface area contributed by atoms with E-state index in [9.17, 15) is 9.59 Å². The zero-order valence-electron chi connectivity index (χ0n) is 13.5. The van der Waals surface area contributed by atoms with Gasteiger partial charge in [0.1, 0.15) is 5.49 Å². The van der Waals surface area contributed by atoms with Gasteiger partial charge in [0.2, 0.25) is 0 Å². The quantitative estimate of drug-likeness (QED) is 0.767. The summed E-state index contributed by atoms with van der Waals surface area (Å²) in [6.45, 7) is 0.492. The first-order chi connectivity index (χ1) is 12.2. The Hall–Kier alpha value is -2.99. The van der Waals surface area contributed by atoms with Crippen LogP contribution in [0.1, 0.15) is 15.2 Å². The van der Waals surface area contributed by atoms with Crippen molar-refractivity contribution >= 4 is 23.2 Å². The first kappa shape index (κ1) is 16.9. The molecule has 126 valence electrons. The molecule has 0 saturated heterocycles. The van der Waals surface area contributed by atoms with Gasteiger partial charge in [0.05, 0.1) is 11.4 Å². The van der Waals surface area contributed by atoms with Gasteiger partial charge in [-0.05, 0) is 29.1 Å². The summed E-state index contributed by atoms with van der Waals surface area (Å²) < 4.78 is 1.90. The Morgan fingerprint density at radius 1 is 1.00 bits per heavy atom. The summed E-state index contributed by atoms with van der Waals surface area (Å²) in [5.74, 6) is -0.651. The van der Waals surface area contributed by atoms with Crippen molar-refractivity contribution in [3.63, 3.8) is 0 Å². The number of amides is 2. The number of nitrogens with one attached hydrogen (secondary N) is 1. The highest BCUT2D eigenvalue weighted by Crippen LogP contribution is 2.07. The van der Waals surface area contributed by atoms with Crippen molar-refractivity contribution in [2.45, 2.75) is 6.54 Å². The van der Waals surface area contributed by atoms with E-state index >= 15 is 0 Å². The maximum atomic E-state index is 12.1. The average Bonchev–Trinajstić information content (AvgIpc) is 3.17. The van der Waals surface area contributed by atoms with Crippen LogP contribution in [0.2, 0.25) is 0 Å². The molecule has 3 rings (SSSR count). The molecule has 2 amide bonds. The van der Waals surface area contributed by atoms with Gasteiger partial charge in [0.15, 0.2) is 0 Å². The smallest absolute Gasteiger partial charge is 0.267 e. The first-order valence-corrected chi connectivity index (χ1v) is 8.69. The fourth-order valence-corrected chi connectivity index (χ4v) is 2.94. The molecule has 0 fully saturated rings. The Balaban J connectivity index is 1.70. The van der Waals surface area contributed by atoms with Gasteiger partial charge < -0.3 is 9.88 Å². The summed E-state index contributed by atoms with van der Waals surface area (Å²) in [5.41, 5.74) is 1.68. The van der Waals surface area contributed by atoms with E-state index in [-0.39, 0.29) is 12.5 Å². The summed E-state index contributed by atoms with van der Waals surface area (Å²) in [6.07, 6.45) is 1.88. The largest absolute Gasteiger partial charge is 0.342 e. The van der Waals surface area contributed by atoms with Crippen molar-refractivity contribution in [2.75, 3.05) is 6.54 Å². The minimum atomic E-state index is -0.391. The van der Waals surface area contributed by atoms with Crippen molar-refractivity contribution in [1.82, 2.24) is 9.88 Å². The van der Waals surface area contributed by atoms with Crippen molar-refractivity contribution in [3.8, 4) is 0 Å². The van der Waals surface area contributed by atoms with Crippen LogP contribution in [-0.2, 0) is 11.3 Å². The summed E-state index contributed by atoms with van der Waals surface area (Å²) >= 11 is 1.33. The molecule has 0 radical (unpaired) electrons. The first-order valence-electron chi connectivity index (χ1n) is 7.81. The summed E-state index contributed by atoms with van der Waals surface area (Å²) in [6, 6.07) is 19.0. The van der Waals surface area contributed by atoms with Crippen molar-refractivity contribution in [3.05, 3.63) is 88.2 Å². The van der Waals surface area contributed by atoms with Gasteiger partial charge in [-0.15, -0.1) is 11.3 Å². The molecule has 0 saturated carbocycles. The number of thiophene rings is 1. The minimum Gasteiger partial charge on any atom is -0.342 e. The van der Waals surface area contributed by atoms with Crippen LogP contribution in [0.15, 0.2) is 77.2 Å². The molecule has 0 atom stereocenters.